The first kappa shape index (κ1) is 11.6. The van der Waals surface area contributed by atoms with Gasteiger partial charge in [-0.15, -0.1) is 0 Å². The summed E-state index contributed by atoms with van der Waals surface area (Å²) in [7, 11) is 0. The second-order valence-corrected chi connectivity index (χ2v) is 4.10. The molecule has 0 fully saturated rings. The first-order chi connectivity index (χ1) is 8.13. The van der Waals surface area contributed by atoms with Crippen LogP contribution in [0.1, 0.15) is 29.7 Å². The smallest absolute Gasteiger partial charge is 0.282 e. The van der Waals surface area contributed by atoms with Gasteiger partial charge in [0.05, 0.1) is 5.69 Å². The standard InChI is InChI=1S/C11H17N5O/c1-4-16-10(14-15-11(16)17)6-5-9-7(2)12-13-8(9)3/h4-6H2,1-3H3,(H,12,13)(H,15,17). The molecule has 0 amide bonds. The van der Waals surface area contributed by atoms with Crippen LogP contribution in [-0.2, 0) is 19.4 Å². The minimum atomic E-state index is -0.136. The van der Waals surface area contributed by atoms with Crippen molar-refractivity contribution in [1.82, 2.24) is 25.0 Å². The molecule has 0 radical (unpaired) electrons. The third-order valence-corrected chi connectivity index (χ3v) is 3.03. The lowest BCUT2D eigenvalue weighted by Crippen LogP contribution is -2.18. The number of rotatable bonds is 4. The van der Waals surface area contributed by atoms with Gasteiger partial charge in [0.1, 0.15) is 5.82 Å². The molecule has 0 unspecified atom stereocenters. The highest BCUT2D eigenvalue weighted by atomic mass is 16.1. The zero-order chi connectivity index (χ0) is 12.4. The summed E-state index contributed by atoms with van der Waals surface area (Å²) in [4.78, 5) is 11.4. The maximum Gasteiger partial charge on any atom is 0.343 e. The summed E-state index contributed by atoms with van der Waals surface area (Å²) in [5.74, 6) is 0.803. The molecule has 2 heterocycles. The van der Waals surface area contributed by atoms with Crippen molar-refractivity contribution in [3.8, 4) is 0 Å². The van der Waals surface area contributed by atoms with Crippen LogP contribution in [0.2, 0.25) is 0 Å². The van der Waals surface area contributed by atoms with E-state index in [1.54, 1.807) is 4.57 Å². The van der Waals surface area contributed by atoms with Gasteiger partial charge in [-0.2, -0.15) is 10.2 Å². The van der Waals surface area contributed by atoms with Crippen LogP contribution in [0, 0.1) is 13.8 Å². The van der Waals surface area contributed by atoms with Crippen molar-refractivity contribution in [2.75, 3.05) is 0 Å². The van der Waals surface area contributed by atoms with Gasteiger partial charge in [0.15, 0.2) is 0 Å². The van der Waals surface area contributed by atoms with Gasteiger partial charge in [0.2, 0.25) is 0 Å². The first-order valence-corrected chi connectivity index (χ1v) is 5.78. The number of H-pyrrole nitrogens is 2. The molecule has 2 aromatic heterocycles. The molecule has 0 atom stereocenters. The molecule has 17 heavy (non-hydrogen) atoms. The average Bonchev–Trinajstić information content (AvgIpc) is 2.81. The van der Waals surface area contributed by atoms with E-state index in [1.165, 1.54) is 5.56 Å². The Morgan fingerprint density at radius 2 is 1.94 bits per heavy atom. The summed E-state index contributed by atoms with van der Waals surface area (Å²) in [6, 6.07) is 0. The van der Waals surface area contributed by atoms with E-state index in [2.05, 4.69) is 20.4 Å². The Hall–Kier alpha value is -1.85. The Labute approximate surface area is 99.1 Å². The molecule has 0 saturated heterocycles. The van der Waals surface area contributed by atoms with Crippen molar-refractivity contribution in [2.24, 2.45) is 0 Å². The summed E-state index contributed by atoms with van der Waals surface area (Å²) in [5.41, 5.74) is 3.18. The number of aryl methyl sites for hydroxylation is 3. The minimum Gasteiger partial charge on any atom is -0.282 e. The number of nitrogens with one attached hydrogen (secondary N) is 2. The van der Waals surface area contributed by atoms with E-state index in [9.17, 15) is 4.79 Å². The van der Waals surface area contributed by atoms with Crippen LogP contribution >= 0.6 is 0 Å². The van der Waals surface area contributed by atoms with Crippen molar-refractivity contribution in [1.29, 1.82) is 0 Å². The lowest BCUT2D eigenvalue weighted by atomic mass is 10.1. The van der Waals surface area contributed by atoms with E-state index in [4.69, 9.17) is 0 Å². The number of hydrogen-bond acceptors (Lipinski definition) is 3. The second-order valence-electron chi connectivity index (χ2n) is 4.10. The maximum atomic E-state index is 11.4. The minimum absolute atomic E-state index is 0.136. The van der Waals surface area contributed by atoms with Crippen molar-refractivity contribution in [3.05, 3.63) is 33.3 Å². The summed E-state index contributed by atoms with van der Waals surface area (Å²) >= 11 is 0. The lowest BCUT2D eigenvalue weighted by Gasteiger charge is -2.02. The first-order valence-electron chi connectivity index (χ1n) is 5.78. The molecule has 0 aliphatic heterocycles. The average molecular weight is 235 g/mol. The van der Waals surface area contributed by atoms with E-state index in [0.717, 1.165) is 30.1 Å². The zero-order valence-corrected chi connectivity index (χ0v) is 10.4. The van der Waals surface area contributed by atoms with E-state index in [0.29, 0.717) is 6.54 Å². The molecule has 0 aliphatic carbocycles. The molecule has 92 valence electrons. The topological polar surface area (TPSA) is 79.4 Å². The molecule has 0 saturated carbocycles. The predicted molar refractivity (Wildman–Crippen MR) is 64.0 cm³/mol. The van der Waals surface area contributed by atoms with Gasteiger partial charge in [-0.25, -0.2) is 9.89 Å². The van der Waals surface area contributed by atoms with Crippen LogP contribution in [0.5, 0.6) is 0 Å². The van der Waals surface area contributed by atoms with Crippen LogP contribution in [0.25, 0.3) is 0 Å². The molecule has 2 N–H and O–H groups in total. The number of hydrogen-bond donors (Lipinski definition) is 2. The summed E-state index contributed by atoms with van der Waals surface area (Å²) in [6.45, 7) is 6.58. The Bertz CT molecular complexity index is 543. The second kappa shape index (κ2) is 4.57. The van der Waals surface area contributed by atoms with Gasteiger partial charge >= 0.3 is 5.69 Å². The van der Waals surface area contributed by atoms with Crippen LogP contribution < -0.4 is 5.69 Å². The third-order valence-electron chi connectivity index (χ3n) is 3.03. The summed E-state index contributed by atoms with van der Waals surface area (Å²) in [5, 5.41) is 13.6. The monoisotopic (exact) mass is 235 g/mol. The van der Waals surface area contributed by atoms with Crippen molar-refractivity contribution >= 4 is 0 Å². The van der Waals surface area contributed by atoms with Crippen molar-refractivity contribution < 1.29 is 0 Å². The normalized spacial score (nSPS) is 11.0. The van der Waals surface area contributed by atoms with Gasteiger partial charge in [-0.05, 0) is 32.8 Å². The molecular weight excluding hydrogens is 218 g/mol. The van der Waals surface area contributed by atoms with Gasteiger partial charge in [0, 0.05) is 18.7 Å². The Morgan fingerprint density at radius 3 is 2.53 bits per heavy atom. The summed E-state index contributed by atoms with van der Waals surface area (Å²) in [6.07, 6.45) is 1.59. The van der Waals surface area contributed by atoms with Crippen molar-refractivity contribution in [3.63, 3.8) is 0 Å². The highest BCUT2D eigenvalue weighted by Gasteiger charge is 2.10. The van der Waals surface area contributed by atoms with Crippen molar-refractivity contribution in [2.45, 2.75) is 40.2 Å². The quantitative estimate of drug-likeness (QED) is 0.819. The predicted octanol–water partition coefficient (Wildman–Crippen LogP) is 0.716. The lowest BCUT2D eigenvalue weighted by molar-refractivity contribution is 0.670. The molecule has 2 aromatic rings. The summed E-state index contributed by atoms with van der Waals surface area (Å²) < 4.78 is 1.66. The fourth-order valence-corrected chi connectivity index (χ4v) is 2.05. The fourth-order valence-electron chi connectivity index (χ4n) is 2.05. The SMILES string of the molecule is CCn1c(CCc2c(C)n[nH]c2C)n[nH]c1=O. The number of aromatic amines is 2. The van der Waals surface area contributed by atoms with Gasteiger partial charge in [-0.3, -0.25) is 9.67 Å². The highest BCUT2D eigenvalue weighted by Crippen LogP contribution is 2.11. The third kappa shape index (κ3) is 2.15. The van der Waals surface area contributed by atoms with E-state index in [-0.39, 0.29) is 5.69 Å². The molecular formula is C11H17N5O. The van der Waals surface area contributed by atoms with E-state index < -0.39 is 0 Å². The fraction of sp³-hybridized carbons (Fsp3) is 0.545. The Kier molecular flexibility index (Phi) is 3.12. The highest BCUT2D eigenvalue weighted by molar-refractivity contribution is 5.23. The molecule has 6 heteroatoms. The molecule has 0 aromatic carbocycles. The number of aromatic nitrogens is 5. The van der Waals surface area contributed by atoms with Crippen LogP contribution in [0.4, 0.5) is 0 Å². The van der Waals surface area contributed by atoms with Gasteiger partial charge < -0.3 is 0 Å². The molecule has 0 aliphatic rings. The maximum absolute atomic E-state index is 11.4. The molecule has 6 nitrogen and oxygen atoms in total. The van der Waals surface area contributed by atoms with Crippen LogP contribution in [0.3, 0.4) is 0 Å². The van der Waals surface area contributed by atoms with Crippen LogP contribution in [-0.4, -0.2) is 25.0 Å². The van der Waals surface area contributed by atoms with Crippen LogP contribution in [0.15, 0.2) is 4.79 Å². The van der Waals surface area contributed by atoms with E-state index >= 15 is 0 Å². The van der Waals surface area contributed by atoms with E-state index in [1.807, 2.05) is 20.8 Å². The zero-order valence-electron chi connectivity index (χ0n) is 10.4. The number of nitrogens with zero attached hydrogens (tertiary/aromatic N) is 3. The largest absolute Gasteiger partial charge is 0.343 e. The molecule has 2 rings (SSSR count). The Morgan fingerprint density at radius 1 is 1.18 bits per heavy atom. The molecule has 0 spiro atoms. The van der Waals surface area contributed by atoms with Gasteiger partial charge in [-0.1, -0.05) is 0 Å². The molecule has 0 bridgehead atoms. The Balaban J connectivity index is 2.15. The van der Waals surface area contributed by atoms with Gasteiger partial charge in [0.25, 0.3) is 0 Å².